The van der Waals surface area contributed by atoms with Crippen LogP contribution in [0.4, 0.5) is 11.4 Å². The Hall–Kier alpha value is -3.65. The number of benzene rings is 3. The van der Waals surface area contributed by atoms with Crippen molar-refractivity contribution in [3.63, 3.8) is 0 Å². The molecule has 8 heteroatoms. The predicted molar refractivity (Wildman–Crippen MR) is 119 cm³/mol. The summed E-state index contributed by atoms with van der Waals surface area (Å²) >= 11 is 0. The van der Waals surface area contributed by atoms with Crippen molar-refractivity contribution in [2.45, 2.75) is 11.8 Å². The van der Waals surface area contributed by atoms with Gasteiger partial charge in [-0.1, -0.05) is 42.0 Å². The van der Waals surface area contributed by atoms with Crippen LogP contribution >= 0.6 is 0 Å². The Morgan fingerprint density at radius 3 is 2.10 bits per heavy atom. The molecule has 0 unspecified atom stereocenters. The molecular weight excluding hydrogens is 416 g/mol. The van der Waals surface area contributed by atoms with Crippen molar-refractivity contribution < 1.29 is 22.7 Å². The van der Waals surface area contributed by atoms with Gasteiger partial charge in [-0.15, -0.1) is 0 Å². The first-order chi connectivity index (χ1) is 14.8. The first-order valence-electron chi connectivity index (χ1n) is 9.39. The lowest BCUT2D eigenvalue weighted by atomic mass is 10.1. The number of hydrogen-bond donors (Lipinski definition) is 1. The van der Waals surface area contributed by atoms with Crippen LogP contribution in [0, 0.1) is 6.92 Å². The van der Waals surface area contributed by atoms with E-state index < -0.39 is 21.9 Å². The Bertz CT molecular complexity index is 1220. The fourth-order valence-corrected chi connectivity index (χ4v) is 4.22. The molecule has 3 aromatic rings. The summed E-state index contributed by atoms with van der Waals surface area (Å²) in [5.74, 6) is -1.15. The van der Waals surface area contributed by atoms with Gasteiger partial charge in [0, 0.05) is 7.05 Å². The van der Waals surface area contributed by atoms with E-state index in [1.54, 1.807) is 48.5 Å². The minimum Gasteiger partial charge on any atom is -0.465 e. The van der Waals surface area contributed by atoms with Crippen LogP contribution < -0.4 is 9.62 Å². The standard InChI is InChI=1S/C23H22N2O5S/c1-16-12-14-17(15-13-16)31(28,29)25(2)21-11-7-5-9-19(21)22(26)24-20-10-6-4-8-18(20)23(27)30-3/h4-15H,1-3H3,(H,24,26). The maximum Gasteiger partial charge on any atom is 0.339 e. The van der Waals surface area contributed by atoms with Crippen LogP contribution in [-0.4, -0.2) is 34.5 Å². The van der Waals surface area contributed by atoms with E-state index in [1.165, 1.54) is 38.4 Å². The second-order valence-corrected chi connectivity index (χ2v) is 8.76. The van der Waals surface area contributed by atoms with Gasteiger partial charge in [-0.25, -0.2) is 13.2 Å². The number of ether oxygens (including phenoxy) is 1. The maximum atomic E-state index is 13.1. The van der Waals surface area contributed by atoms with Gasteiger partial charge in [0.1, 0.15) is 0 Å². The van der Waals surface area contributed by atoms with E-state index in [9.17, 15) is 18.0 Å². The molecule has 160 valence electrons. The van der Waals surface area contributed by atoms with Gasteiger partial charge in [0.15, 0.2) is 0 Å². The van der Waals surface area contributed by atoms with E-state index in [1.807, 2.05) is 6.92 Å². The van der Waals surface area contributed by atoms with Gasteiger partial charge in [-0.2, -0.15) is 0 Å². The van der Waals surface area contributed by atoms with E-state index in [-0.39, 0.29) is 27.4 Å². The van der Waals surface area contributed by atoms with Crippen LogP contribution in [0.2, 0.25) is 0 Å². The third kappa shape index (κ3) is 4.59. The molecule has 0 spiro atoms. The third-order valence-electron chi connectivity index (χ3n) is 4.75. The molecule has 0 fully saturated rings. The number of hydrogen-bond acceptors (Lipinski definition) is 5. The Kier molecular flexibility index (Phi) is 6.41. The Balaban J connectivity index is 1.96. The third-order valence-corrected chi connectivity index (χ3v) is 6.53. The van der Waals surface area contributed by atoms with E-state index in [2.05, 4.69) is 5.32 Å². The zero-order chi connectivity index (χ0) is 22.6. The van der Waals surface area contributed by atoms with Crippen molar-refractivity contribution in [1.82, 2.24) is 0 Å². The molecule has 0 aliphatic carbocycles. The van der Waals surface area contributed by atoms with E-state index in [4.69, 9.17) is 4.74 Å². The number of aryl methyl sites for hydroxylation is 1. The van der Waals surface area contributed by atoms with E-state index in [0.717, 1.165) is 9.87 Å². The number of nitrogens with zero attached hydrogens (tertiary/aromatic N) is 1. The molecule has 0 saturated heterocycles. The predicted octanol–water partition coefficient (Wildman–Crippen LogP) is 3.86. The van der Waals surface area contributed by atoms with Gasteiger partial charge < -0.3 is 10.1 Å². The lowest BCUT2D eigenvalue weighted by Crippen LogP contribution is -2.29. The number of nitrogens with one attached hydrogen (secondary N) is 1. The Morgan fingerprint density at radius 1 is 0.871 bits per heavy atom. The van der Waals surface area contributed by atoms with Gasteiger partial charge in [0.2, 0.25) is 0 Å². The fraction of sp³-hybridized carbons (Fsp3) is 0.130. The number of amides is 1. The molecule has 0 radical (unpaired) electrons. The normalized spacial score (nSPS) is 10.9. The quantitative estimate of drug-likeness (QED) is 0.590. The lowest BCUT2D eigenvalue weighted by Gasteiger charge is -2.22. The Morgan fingerprint density at radius 2 is 1.45 bits per heavy atom. The number of anilines is 2. The minimum absolute atomic E-state index is 0.117. The molecule has 0 atom stereocenters. The number of rotatable bonds is 6. The summed E-state index contributed by atoms with van der Waals surface area (Å²) in [5, 5.41) is 2.67. The second-order valence-electron chi connectivity index (χ2n) is 6.79. The van der Waals surface area contributed by atoms with Gasteiger partial charge in [-0.05, 0) is 43.3 Å². The highest BCUT2D eigenvalue weighted by Gasteiger charge is 2.25. The van der Waals surface area contributed by atoms with Crippen molar-refractivity contribution in [3.05, 3.63) is 89.5 Å². The van der Waals surface area contributed by atoms with Crippen molar-refractivity contribution in [1.29, 1.82) is 0 Å². The van der Waals surface area contributed by atoms with Crippen LogP contribution in [-0.2, 0) is 14.8 Å². The highest BCUT2D eigenvalue weighted by molar-refractivity contribution is 7.92. The lowest BCUT2D eigenvalue weighted by molar-refractivity contribution is 0.0602. The summed E-state index contributed by atoms with van der Waals surface area (Å²) in [6.07, 6.45) is 0. The number of para-hydroxylation sites is 2. The average Bonchev–Trinajstić information content (AvgIpc) is 2.78. The SMILES string of the molecule is COC(=O)c1ccccc1NC(=O)c1ccccc1N(C)S(=O)(=O)c1ccc(C)cc1. The van der Waals surface area contributed by atoms with Crippen molar-refractivity contribution in [3.8, 4) is 0 Å². The molecule has 0 saturated carbocycles. The monoisotopic (exact) mass is 438 g/mol. The maximum absolute atomic E-state index is 13.1. The zero-order valence-electron chi connectivity index (χ0n) is 17.3. The topological polar surface area (TPSA) is 92.8 Å². The molecule has 31 heavy (non-hydrogen) atoms. The molecule has 1 N–H and O–H groups in total. The zero-order valence-corrected chi connectivity index (χ0v) is 18.1. The van der Waals surface area contributed by atoms with E-state index >= 15 is 0 Å². The summed E-state index contributed by atoms with van der Waals surface area (Å²) in [4.78, 5) is 25.1. The smallest absolute Gasteiger partial charge is 0.339 e. The van der Waals surface area contributed by atoms with Crippen LogP contribution in [0.25, 0.3) is 0 Å². The Labute approximate surface area is 181 Å². The highest BCUT2D eigenvalue weighted by Crippen LogP contribution is 2.27. The summed E-state index contributed by atoms with van der Waals surface area (Å²) in [5.41, 5.74) is 1.73. The minimum atomic E-state index is -3.88. The number of esters is 1. The molecule has 0 aliphatic rings. The molecule has 3 aromatic carbocycles. The second kappa shape index (κ2) is 9.01. The largest absolute Gasteiger partial charge is 0.465 e. The molecule has 0 heterocycles. The number of sulfonamides is 1. The van der Waals surface area contributed by atoms with Crippen LogP contribution in [0.1, 0.15) is 26.3 Å². The van der Waals surface area contributed by atoms with Gasteiger partial charge in [0.25, 0.3) is 15.9 Å². The average molecular weight is 439 g/mol. The van der Waals surface area contributed by atoms with Crippen molar-refractivity contribution in [2.75, 3.05) is 23.8 Å². The molecular formula is C23H22N2O5S. The summed E-state index contributed by atoms with van der Waals surface area (Å²) in [6, 6.07) is 19.2. The molecule has 1 amide bonds. The first kappa shape index (κ1) is 22.0. The number of carbonyl (C=O) groups excluding carboxylic acids is 2. The van der Waals surface area contributed by atoms with Gasteiger partial charge in [-0.3, -0.25) is 9.10 Å². The summed E-state index contributed by atoms with van der Waals surface area (Å²) < 4.78 is 32.0. The van der Waals surface area contributed by atoms with Crippen LogP contribution in [0.3, 0.4) is 0 Å². The molecule has 3 rings (SSSR count). The summed E-state index contributed by atoms with van der Waals surface area (Å²) in [7, 11) is -1.24. The number of methoxy groups -OCH3 is 1. The fourth-order valence-electron chi connectivity index (χ4n) is 3.01. The first-order valence-corrected chi connectivity index (χ1v) is 10.8. The highest BCUT2D eigenvalue weighted by atomic mass is 32.2. The van der Waals surface area contributed by atoms with Crippen molar-refractivity contribution >= 4 is 33.3 Å². The summed E-state index contributed by atoms with van der Waals surface area (Å²) in [6.45, 7) is 1.87. The number of carbonyl (C=O) groups is 2. The molecule has 7 nitrogen and oxygen atoms in total. The van der Waals surface area contributed by atoms with Crippen LogP contribution in [0.15, 0.2) is 77.7 Å². The van der Waals surface area contributed by atoms with Crippen molar-refractivity contribution in [2.24, 2.45) is 0 Å². The van der Waals surface area contributed by atoms with Gasteiger partial charge in [0.05, 0.1) is 34.5 Å². The van der Waals surface area contributed by atoms with Crippen LogP contribution in [0.5, 0.6) is 0 Å². The molecule has 0 aliphatic heterocycles. The van der Waals surface area contributed by atoms with E-state index in [0.29, 0.717) is 0 Å². The van der Waals surface area contributed by atoms with Gasteiger partial charge >= 0.3 is 5.97 Å². The molecule has 0 bridgehead atoms. The molecule has 0 aromatic heterocycles.